The third kappa shape index (κ3) is 4.11. The fourth-order valence-electron chi connectivity index (χ4n) is 2.64. The molecule has 1 N–H and O–H groups in total. The minimum atomic E-state index is -0.583. The molecule has 2 nitrogen and oxygen atoms in total. The molecule has 0 amide bonds. The highest BCUT2D eigenvalue weighted by Crippen LogP contribution is 2.25. The Morgan fingerprint density at radius 3 is 2.68 bits per heavy atom. The van der Waals surface area contributed by atoms with E-state index in [9.17, 15) is 8.78 Å². The first kappa shape index (κ1) is 18.1. The van der Waals surface area contributed by atoms with Crippen LogP contribution in [0.3, 0.4) is 0 Å². The lowest BCUT2D eigenvalue weighted by Crippen LogP contribution is -2.19. The molecule has 0 saturated heterocycles. The van der Waals surface area contributed by atoms with E-state index < -0.39 is 11.6 Å². The van der Waals surface area contributed by atoms with E-state index in [1.54, 1.807) is 11.8 Å². The number of hydrogen-bond acceptors (Lipinski definition) is 3. The first-order chi connectivity index (χ1) is 12.0. The zero-order valence-corrected chi connectivity index (χ0v) is 15.4. The molecular weight excluding hydrogens is 362 g/mol. The molecule has 3 rings (SSSR count). The molecule has 0 bridgehead atoms. The van der Waals surface area contributed by atoms with Crippen molar-refractivity contribution >= 4 is 34.3 Å². The average Bonchev–Trinajstić information content (AvgIpc) is 2.59. The second-order valence-electron chi connectivity index (χ2n) is 5.77. The van der Waals surface area contributed by atoms with Gasteiger partial charge in [-0.3, -0.25) is 0 Å². The Morgan fingerprint density at radius 1 is 1.16 bits per heavy atom. The predicted octanol–water partition coefficient (Wildman–Crippen LogP) is 5.74. The van der Waals surface area contributed by atoms with E-state index in [2.05, 4.69) is 10.3 Å². The molecule has 0 aliphatic rings. The summed E-state index contributed by atoms with van der Waals surface area (Å²) in [4.78, 5) is 5.58. The Kier molecular flexibility index (Phi) is 5.57. The van der Waals surface area contributed by atoms with Gasteiger partial charge in [-0.05, 0) is 37.4 Å². The second-order valence-corrected chi connectivity index (χ2v) is 7.00. The van der Waals surface area contributed by atoms with Crippen LogP contribution in [0, 0.1) is 11.6 Å². The Labute approximate surface area is 154 Å². The minimum Gasteiger partial charge on any atom is -0.306 e. The van der Waals surface area contributed by atoms with E-state index in [1.165, 1.54) is 12.1 Å². The summed E-state index contributed by atoms with van der Waals surface area (Å²) in [5, 5.41) is 4.63. The van der Waals surface area contributed by atoms with Crippen LogP contribution in [0.1, 0.15) is 24.1 Å². The van der Waals surface area contributed by atoms with Crippen molar-refractivity contribution in [2.75, 3.05) is 6.26 Å². The van der Waals surface area contributed by atoms with Gasteiger partial charge in [0.2, 0.25) is 0 Å². The lowest BCUT2D eigenvalue weighted by molar-refractivity contribution is 0.517. The number of nitrogens with one attached hydrogen (secondary N) is 1. The van der Waals surface area contributed by atoms with Crippen molar-refractivity contribution in [2.24, 2.45) is 0 Å². The minimum absolute atomic E-state index is 0.286. The largest absolute Gasteiger partial charge is 0.306 e. The van der Waals surface area contributed by atoms with Crippen LogP contribution in [-0.2, 0) is 6.54 Å². The summed E-state index contributed by atoms with van der Waals surface area (Å²) in [7, 11) is 0. The van der Waals surface area contributed by atoms with Gasteiger partial charge in [-0.2, -0.15) is 0 Å². The van der Waals surface area contributed by atoms with Crippen LogP contribution in [0.5, 0.6) is 0 Å². The van der Waals surface area contributed by atoms with Gasteiger partial charge in [0, 0.05) is 40.1 Å². The normalized spacial score (nSPS) is 12.5. The number of aromatic nitrogens is 1. The third-order valence-corrected chi connectivity index (χ3v) is 5.13. The molecule has 0 aliphatic heterocycles. The number of thioether (sulfide) groups is 1. The second kappa shape index (κ2) is 7.68. The van der Waals surface area contributed by atoms with Crippen LogP contribution in [-0.4, -0.2) is 11.2 Å². The monoisotopic (exact) mass is 378 g/mol. The molecule has 130 valence electrons. The quantitative estimate of drug-likeness (QED) is 0.452. The number of halogens is 3. The van der Waals surface area contributed by atoms with Crippen LogP contribution in [0.2, 0.25) is 5.15 Å². The molecule has 1 aromatic heterocycles. The maximum Gasteiger partial charge on any atom is 0.134 e. The van der Waals surface area contributed by atoms with Crippen molar-refractivity contribution in [1.82, 2.24) is 10.3 Å². The summed E-state index contributed by atoms with van der Waals surface area (Å²) in [6, 6.07) is 11.3. The van der Waals surface area contributed by atoms with Gasteiger partial charge in [0.25, 0.3) is 0 Å². The van der Waals surface area contributed by atoms with E-state index in [0.717, 1.165) is 27.4 Å². The summed E-state index contributed by atoms with van der Waals surface area (Å²) in [6.07, 6.45) is 2.01. The van der Waals surface area contributed by atoms with Gasteiger partial charge < -0.3 is 5.32 Å². The Bertz CT molecular complexity index is 917. The molecule has 0 fully saturated rings. The SMILES string of the molecule is CSc1ccc2cc(CN[C@@H](C)c3ccc(F)cc3F)c(Cl)nc2c1. The van der Waals surface area contributed by atoms with Gasteiger partial charge in [0.15, 0.2) is 0 Å². The summed E-state index contributed by atoms with van der Waals surface area (Å²) >= 11 is 7.95. The standard InChI is InChI=1S/C19H17ClF2N2S/c1-11(16-6-4-14(21)8-17(16)22)23-10-13-7-12-3-5-15(25-2)9-18(12)24-19(13)20/h3-9,11,23H,10H2,1-2H3/t11-/m0/s1. The van der Waals surface area contributed by atoms with Gasteiger partial charge in [-0.1, -0.05) is 23.7 Å². The van der Waals surface area contributed by atoms with Gasteiger partial charge in [0.05, 0.1) is 5.52 Å². The average molecular weight is 379 g/mol. The van der Waals surface area contributed by atoms with Crippen molar-refractivity contribution < 1.29 is 8.78 Å². The summed E-state index contributed by atoms with van der Waals surface area (Å²) < 4.78 is 26.9. The zero-order valence-electron chi connectivity index (χ0n) is 13.8. The van der Waals surface area contributed by atoms with E-state index in [0.29, 0.717) is 17.3 Å². The van der Waals surface area contributed by atoms with Crippen molar-refractivity contribution in [3.05, 3.63) is 70.4 Å². The van der Waals surface area contributed by atoms with Crippen molar-refractivity contribution in [1.29, 1.82) is 0 Å². The van der Waals surface area contributed by atoms with Crippen LogP contribution in [0.15, 0.2) is 47.4 Å². The fraction of sp³-hybridized carbons (Fsp3) is 0.211. The summed E-state index contributed by atoms with van der Waals surface area (Å²) in [5.74, 6) is -1.15. The molecule has 0 spiro atoms. The lowest BCUT2D eigenvalue weighted by Gasteiger charge is -2.16. The van der Waals surface area contributed by atoms with Gasteiger partial charge in [-0.15, -0.1) is 11.8 Å². The van der Waals surface area contributed by atoms with E-state index in [1.807, 2.05) is 37.4 Å². The number of hydrogen-bond donors (Lipinski definition) is 1. The first-order valence-corrected chi connectivity index (χ1v) is 9.39. The molecule has 0 aliphatic carbocycles. The number of benzene rings is 2. The molecule has 1 heterocycles. The number of fused-ring (bicyclic) bond motifs is 1. The lowest BCUT2D eigenvalue weighted by atomic mass is 10.1. The van der Waals surface area contributed by atoms with Crippen molar-refractivity contribution in [3.8, 4) is 0 Å². The number of nitrogens with zero attached hydrogens (tertiary/aromatic N) is 1. The molecule has 6 heteroatoms. The molecular formula is C19H17ClF2N2S. The van der Waals surface area contributed by atoms with Gasteiger partial charge >= 0.3 is 0 Å². The van der Waals surface area contributed by atoms with E-state index in [-0.39, 0.29) is 6.04 Å². The molecule has 2 aromatic carbocycles. The first-order valence-electron chi connectivity index (χ1n) is 7.79. The molecule has 3 aromatic rings. The third-order valence-electron chi connectivity index (χ3n) is 4.08. The van der Waals surface area contributed by atoms with Gasteiger partial charge in [0.1, 0.15) is 16.8 Å². The highest BCUT2D eigenvalue weighted by molar-refractivity contribution is 7.98. The fourth-order valence-corrected chi connectivity index (χ4v) is 3.29. The number of rotatable bonds is 5. The molecule has 1 atom stereocenters. The van der Waals surface area contributed by atoms with E-state index >= 15 is 0 Å². The maximum absolute atomic E-state index is 13.9. The molecule has 0 saturated carbocycles. The van der Waals surface area contributed by atoms with Gasteiger partial charge in [-0.25, -0.2) is 13.8 Å². The zero-order chi connectivity index (χ0) is 18.0. The van der Waals surface area contributed by atoms with E-state index in [4.69, 9.17) is 11.6 Å². The topological polar surface area (TPSA) is 24.9 Å². The highest BCUT2D eigenvalue weighted by Gasteiger charge is 2.13. The van der Waals surface area contributed by atoms with Crippen LogP contribution < -0.4 is 5.32 Å². The predicted molar refractivity (Wildman–Crippen MR) is 100 cm³/mol. The van der Waals surface area contributed by atoms with Crippen LogP contribution >= 0.6 is 23.4 Å². The summed E-state index contributed by atoms with van der Waals surface area (Å²) in [5.41, 5.74) is 2.09. The molecule has 25 heavy (non-hydrogen) atoms. The summed E-state index contributed by atoms with van der Waals surface area (Å²) in [6.45, 7) is 2.26. The smallest absolute Gasteiger partial charge is 0.134 e. The molecule has 0 radical (unpaired) electrons. The van der Waals surface area contributed by atoms with Crippen molar-refractivity contribution in [2.45, 2.75) is 24.4 Å². The van der Waals surface area contributed by atoms with Crippen LogP contribution in [0.25, 0.3) is 10.9 Å². The molecule has 0 unspecified atom stereocenters. The Morgan fingerprint density at radius 2 is 1.96 bits per heavy atom. The van der Waals surface area contributed by atoms with Crippen molar-refractivity contribution in [3.63, 3.8) is 0 Å². The number of pyridine rings is 1. The maximum atomic E-state index is 13.9. The van der Waals surface area contributed by atoms with Crippen LogP contribution in [0.4, 0.5) is 8.78 Å². The Hall–Kier alpha value is -1.69. The Balaban J connectivity index is 1.79. The highest BCUT2D eigenvalue weighted by atomic mass is 35.5.